The van der Waals surface area contributed by atoms with E-state index in [1.54, 1.807) is 36.7 Å². The molecule has 2 aromatic rings. The first-order chi connectivity index (χ1) is 18.2. The zero-order valence-electron chi connectivity index (χ0n) is 20.8. The molecule has 4 aliphatic rings. The van der Waals surface area contributed by atoms with Gasteiger partial charge < -0.3 is 19.2 Å². The molecular formula is C27H25F3N6O2. The van der Waals surface area contributed by atoms with Gasteiger partial charge in [-0.05, 0) is 49.2 Å². The minimum Gasteiger partial charge on any atom is -0.377 e. The van der Waals surface area contributed by atoms with Crippen LogP contribution < -0.4 is 16.4 Å². The van der Waals surface area contributed by atoms with Gasteiger partial charge in [-0.3, -0.25) is 9.79 Å². The molecule has 1 aromatic heterocycles. The predicted molar refractivity (Wildman–Crippen MR) is 135 cm³/mol. The summed E-state index contributed by atoms with van der Waals surface area (Å²) < 4.78 is 48.8. The molecule has 1 atom stereocenters. The molecule has 5 heterocycles. The largest absolute Gasteiger partial charge is 0.416 e. The van der Waals surface area contributed by atoms with E-state index in [0.717, 1.165) is 29.1 Å². The molecule has 1 unspecified atom stereocenters. The van der Waals surface area contributed by atoms with Crippen LogP contribution in [0.3, 0.4) is 0 Å². The highest BCUT2D eigenvalue weighted by Crippen LogP contribution is 2.36. The predicted octanol–water partition coefficient (Wildman–Crippen LogP) is 4.20. The number of nitrogens with one attached hydrogen (secondary N) is 1. The summed E-state index contributed by atoms with van der Waals surface area (Å²) >= 11 is 0. The Morgan fingerprint density at radius 1 is 1.13 bits per heavy atom. The summed E-state index contributed by atoms with van der Waals surface area (Å²) in [7, 11) is 0. The van der Waals surface area contributed by atoms with E-state index in [1.165, 1.54) is 6.07 Å². The number of rotatable bonds is 4. The van der Waals surface area contributed by atoms with Crippen molar-refractivity contribution in [2.45, 2.75) is 38.7 Å². The van der Waals surface area contributed by atoms with Gasteiger partial charge in [0.15, 0.2) is 5.49 Å². The number of hydrogen-bond acceptors (Lipinski definition) is 6. The van der Waals surface area contributed by atoms with Crippen molar-refractivity contribution in [1.29, 1.82) is 0 Å². The average Bonchev–Trinajstić information content (AvgIpc) is 3.34. The topological polar surface area (TPSA) is 86.3 Å². The summed E-state index contributed by atoms with van der Waals surface area (Å²) in [5, 5.41) is 3.40. The molecule has 196 valence electrons. The first-order valence-corrected chi connectivity index (χ1v) is 12.4. The van der Waals surface area contributed by atoms with Crippen molar-refractivity contribution in [2.24, 2.45) is 4.99 Å². The van der Waals surface area contributed by atoms with Gasteiger partial charge >= 0.3 is 6.18 Å². The van der Waals surface area contributed by atoms with Crippen LogP contribution in [0.2, 0.25) is 0 Å². The maximum Gasteiger partial charge on any atom is 0.416 e. The molecule has 0 amide bonds. The summed E-state index contributed by atoms with van der Waals surface area (Å²) in [4.78, 5) is 26.8. The van der Waals surface area contributed by atoms with E-state index in [9.17, 15) is 18.0 Å². The quantitative estimate of drug-likeness (QED) is 0.434. The standard InChI is InChI=1S/C27H25F3N6O2/c1-15(17-4-3-5-19(10-17)27(28,29)30)32-24-22-12-21(18-6-8-35(23(37)11-18)20-13-38-14-20)25-31-7-9-36(25)26(22)34-16(2)33-24/h3-6,8,10-12,15,20,31H,7,9,13-14H2,1-2H3. The number of benzene rings is 1. The lowest BCUT2D eigenvalue weighted by Gasteiger charge is -2.28. The van der Waals surface area contributed by atoms with E-state index in [1.807, 2.05) is 16.7 Å². The van der Waals surface area contributed by atoms with Gasteiger partial charge in [0, 0.05) is 30.9 Å². The monoisotopic (exact) mass is 522 g/mol. The molecule has 6 rings (SSSR count). The molecule has 4 aliphatic heterocycles. The Morgan fingerprint density at radius 2 is 1.95 bits per heavy atom. The normalized spacial score (nSPS) is 16.8. The number of aryl methyl sites for hydroxylation is 1. The Bertz CT molecular complexity index is 1640. The van der Waals surface area contributed by atoms with Crippen LogP contribution in [0.1, 0.15) is 36.0 Å². The van der Waals surface area contributed by atoms with Crippen LogP contribution in [0.15, 0.2) is 58.4 Å². The van der Waals surface area contributed by atoms with E-state index >= 15 is 0 Å². The molecule has 0 aliphatic carbocycles. The van der Waals surface area contributed by atoms with Gasteiger partial charge in [0.1, 0.15) is 17.5 Å². The molecule has 1 aromatic carbocycles. The van der Waals surface area contributed by atoms with Crippen molar-refractivity contribution < 1.29 is 17.9 Å². The third-order valence-electron chi connectivity index (χ3n) is 7.00. The van der Waals surface area contributed by atoms with Crippen molar-refractivity contribution in [3.63, 3.8) is 0 Å². The molecule has 1 fully saturated rings. The lowest BCUT2D eigenvalue weighted by atomic mass is 10.0. The number of ether oxygens (including phenoxy) is 1. The van der Waals surface area contributed by atoms with Gasteiger partial charge in [-0.1, -0.05) is 12.1 Å². The molecular weight excluding hydrogens is 497 g/mol. The van der Waals surface area contributed by atoms with Crippen molar-refractivity contribution >= 4 is 5.82 Å². The zero-order chi connectivity index (χ0) is 26.6. The molecule has 0 bridgehead atoms. The average molecular weight is 523 g/mol. The van der Waals surface area contributed by atoms with Crippen LogP contribution in [-0.4, -0.2) is 38.9 Å². The van der Waals surface area contributed by atoms with Gasteiger partial charge in [0.05, 0.1) is 36.4 Å². The van der Waals surface area contributed by atoms with Gasteiger partial charge in [0.25, 0.3) is 5.56 Å². The number of pyridine rings is 2. The van der Waals surface area contributed by atoms with Crippen molar-refractivity contribution in [2.75, 3.05) is 25.1 Å². The Morgan fingerprint density at radius 3 is 2.66 bits per heavy atom. The van der Waals surface area contributed by atoms with Crippen molar-refractivity contribution in [3.8, 4) is 22.5 Å². The van der Waals surface area contributed by atoms with Crippen molar-refractivity contribution in [3.05, 3.63) is 81.5 Å². The number of aromatic nitrogens is 4. The van der Waals surface area contributed by atoms with E-state index < -0.39 is 17.8 Å². The Kier molecular flexibility index (Phi) is 5.82. The third kappa shape index (κ3) is 4.26. The molecule has 0 spiro atoms. The molecule has 1 N–H and O–H groups in total. The summed E-state index contributed by atoms with van der Waals surface area (Å²) in [6.07, 6.45) is -2.65. The Balaban J connectivity index is 1.50. The first kappa shape index (κ1) is 24.4. The van der Waals surface area contributed by atoms with Gasteiger partial charge in [-0.2, -0.15) is 13.2 Å². The van der Waals surface area contributed by atoms with E-state index in [2.05, 4.69) is 15.3 Å². The SMILES string of the molecule is Cc1nc2n3c(c(-c4ccn(C5COC5)c(=O)c4)cc-2c(=NC(C)c2cccc(C(F)(F)F)c2)n1)NCC3. The van der Waals surface area contributed by atoms with E-state index in [-0.39, 0.29) is 11.6 Å². The fraction of sp³-hybridized carbons (Fsp3) is 0.333. The zero-order valence-corrected chi connectivity index (χ0v) is 20.8. The number of fused-ring (bicyclic) bond motifs is 3. The second kappa shape index (κ2) is 9.09. The number of hydrogen-bond donors (Lipinski definition) is 1. The summed E-state index contributed by atoms with van der Waals surface area (Å²) in [5.74, 6) is 2.03. The number of anilines is 1. The number of halogens is 3. The van der Waals surface area contributed by atoms with E-state index in [4.69, 9.17) is 9.73 Å². The molecule has 8 nitrogen and oxygen atoms in total. The summed E-state index contributed by atoms with van der Waals surface area (Å²) in [6, 6.07) is 10.1. The van der Waals surface area contributed by atoms with Crippen LogP contribution in [0.4, 0.5) is 19.0 Å². The Labute approximate surface area is 215 Å². The minimum atomic E-state index is -4.44. The first-order valence-electron chi connectivity index (χ1n) is 12.4. The highest BCUT2D eigenvalue weighted by molar-refractivity contribution is 5.82. The van der Waals surface area contributed by atoms with Crippen LogP contribution >= 0.6 is 0 Å². The maximum atomic E-state index is 13.3. The van der Waals surface area contributed by atoms with Crippen molar-refractivity contribution in [1.82, 2.24) is 19.1 Å². The lowest BCUT2D eigenvalue weighted by molar-refractivity contribution is -0.137. The fourth-order valence-corrected chi connectivity index (χ4v) is 4.94. The highest BCUT2D eigenvalue weighted by Gasteiger charge is 2.31. The smallest absolute Gasteiger partial charge is 0.377 e. The van der Waals surface area contributed by atoms with Crippen LogP contribution in [0.5, 0.6) is 0 Å². The molecule has 0 saturated carbocycles. The molecule has 11 heteroatoms. The number of nitrogens with zero attached hydrogens (tertiary/aromatic N) is 5. The summed E-state index contributed by atoms with van der Waals surface area (Å²) in [5.41, 5.74) is 2.20. The van der Waals surface area contributed by atoms with E-state index in [0.29, 0.717) is 54.6 Å². The molecule has 38 heavy (non-hydrogen) atoms. The van der Waals surface area contributed by atoms with Gasteiger partial charge in [0.2, 0.25) is 0 Å². The summed E-state index contributed by atoms with van der Waals surface area (Å²) in [6.45, 7) is 5.90. The highest BCUT2D eigenvalue weighted by atomic mass is 19.4. The van der Waals surface area contributed by atoms with Gasteiger partial charge in [-0.25, -0.2) is 9.97 Å². The molecule has 1 saturated heterocycles. The van der Waals surface area contributed by atoms with Crippen LogP contribution in [0.25, 0.3) is 22.5 Å². The second-order valence-electron chi connectivity index (χ2n) is 9.60. The third-order valence-corrected chi connectivity index (χ3v) is 7.00. The maximum absolute atomic E-state index is 13.3. The van der Waals surface area contributed by atoms with Gasteiger partial charge in [-0.15, -0.1) is 0 Å². The molecule has 0 radical (unpaired) electrons. The number of alkyl halides is 3. The Hall–Kier alpha value is -3.99. The fourth-order valence-electron chi connectivity index (χ4n) is 4.94. The second-order valence-corrected chi connectivity index (χ2v) is 9.60. The van der Waals surface area contributed by atoms with Crippen LogP contribution in [0, 0.1) is 6.92 Å². The lowest BCUT2D eigenvalue weighted by Crippen LogP contribution is -2.36. The minimum absolute atomic E-state index is 0.0467. The van der Waals surface area contributed by atoms with Crippen LogP contribution in [-0.2, 0) is 17.5 Å².